The summed E-state index contributed by atoms with van der Waals surface area (Å²) in [7, 11) is 0. The maximum atomic E-state index is 13.0. The fourth-order valence-corrected chi connectivity index (χ4v) is 4.29. The molecular weight excluding hydrogens is 448 g/mol. The molecule has 0 aliphatic carbocycles. The van der Waals surface area contributed by atoms with Crippen LogP contribution in [0.5, 0.6) is 0 Å². The van der Waals surface area contributed by atoms with E-state index in [1.54, 1.807) is 36.0 Å². The average Bonchev–Trinajstić information content (AvgIpc) is 3.25. The highest BCUT2D eigenvalue weighted by Gasteiger charge is 2.22. The lowest BCUT2D eigenvalue weighted by molar-refractivity contribution is -0.120. The summed E-state index contributed by atoms with van der Waals surface area (Å²) in [5.41, 5.74) is 2.97. The summed E-state index contributed by atoms with van der Waals surface area (Å²) >= 11 is 3.09. The van der Waals surface area contributed by atoms with Crippen molar-refractivity contribution in [2.75, 3.05) is 12.0 Å². The van der Waals surface area contributed by atoms with E-state index in [1.807, 2.05) is 42.0 Å². The highest BCUT2D eigenvalue weighted by Crippen LogP contribution is 2.22. The Morgan fingerprint density at radius 2 is 1.94 bits per heavy atom. The minimum Gasteiger partial charge on any atom is -0.392 e. The molecule has 1 aromatic heterocycles. The Morgan fingerprint density at radius 1 is 1.16 bits per heavy atom. The van der Waals surface area contributed by atoms with Crippen LogP contribution < -0.4 is 5.32 Å². The van der Waals surface area contributed by atoms with Crippen LogP contribution in [0.25, 0.3) is 11.3 Å². The van der Waals surface area contributed by atoms with E-state index < -0.39 is 6.04 Å². The number of aliphatic hydroxyl groups excluding tert-OH is 1. The first-order valence-electron chi connectivity index (χ1n) is 9.63. The van der Waals surface area contributed by atoms with Crippen molar-refractivity contribution in [2.45, 2.75) is 25.5 Å². The molecule has 0 radical (unpaired) electrons. The van der Waals surface area contributed by atoms with Crippen molar-refractivity contribution in [3.63, 3.8) is 0 Å². The summed E-state index contributed by atoms with van der Waals surface area (Å²) in [6.45, 7) is -0.135. The molecule has 0 saturated heterocycles. The van der Waals surface area contributed by atoms with Crippen LogP contribution in [0.2, 0.25) is 0 Å². The summed E-state index contributed by atoms with van der Waals surface area (Å²) in [5.74, 6) is 0.402. The summed E-state index contributed by atoms with van der Waals surface area (Å²) in [6, 6.07) is 16.1. The van der Waals surface area contributed by atoms with Gasteiger partial charge < -0.3 is 10.4 Å². The van der Waals surface area contributed by atoms with Gasteiger partial charge in [-0.05, 0) is 36.1 Å². The van der Waals surface area contributed by atoms with E-state index in [9.17, 15) is 14.7 Å². The van der Waals surface area contributed by atoms with Gasteiger partial charge in [0.2, 0.25) is 0 Å². The van der Waals surface area contributed by atoms with Crippen LogP contribution in [0, 0.1) is 0 Å². The van der Waals surface area contributed by atoms with Crippen LogP contribution in [0.3, 0.4) is 0 Å². The molecule has 5 nitrogen and oxygen atoms in total. The highest BCUT2D eigenvalue weighted by atomic mass is 32.2. The van der Waals surface area contributed by atoms with Gasteiger partial charge in [0.1, 0.15) is 5.01 Å². The maximum Gasteiger partial charge on any atom is 0.251 e. The molecule has 0 fully saturated rings. The van der Waals surface area contributed by atoms with E-state index in [2.05, 4.69) is 10.3 Å². The monoisotopic (exact) mass is 474 g/mol. The molecule has 1 heterocycles. The Balaban J connectivity index is 0.00000341. The van der Waals surface area contributed by atoms with E-state index in [0.717, 1.165) is 22.0 Å². The zero-order chi connectivity index (χ0) is 21.3. The van der Waals surface area contributed by atoms with Crippen molar-refractivity contribution >= 4 is 48.3 Å². The van der Waals surface area contributed by atoms with Crippen molar-refractivity contribution in [3.05, 3.63) is 76.1 Å². The van der Waals surface area contributed by atoms with Crippen LogP contribution in [0.15, 0.2) is 60.0 Å². The Labute approximate surface area is 197 Å². The first-order chi connectivity index (χ1) is 14.6. The molecule has 0 aliphatic rings. The Kier molecular flexibility index (Phi) is 10.3. The lowest BCUT2D eigenvalue weighted by atomic mass is 10.1. The number of thioether (sulfide) groups is 1. The third-order valence-electron chi connectivity index (χ3n) is 4.62. The van der Waals surface area contributed by atoms with Crippen LogP contribution in [-0.4, -0.2) is 39.8 Å². The summed E-state index contributed by atoms with van der Waals surface area (Å²) in [4.78, 5) is 30.2. The van der Waals surface area contributed by atoms with Gasteiger partial charge in [-0.3, -0.25) is 9.59 Å². The van der Waals surface area contributed by atoms with E-state index in [4.69, 9.17) is 0 Å². The number of amides is 1. The molecule has 0 aliphatic heterocycles. The zero-order valence-electron chi connectivity index (χ0n) is 17.2. The number of hydrogen-bond acceptors (Lipinski definition) is 6. The zero-order valence-corrected chi connectivity index (χ0v) is 19.8. The number of aliphatic hydroxyl groups is 1. The Hall–Kier alpha value is -2.13. The summed E-state index contributed by atoms with van der Waals surface area (Å²) in [5, 5.41) is 14.8. The molecule has 1 amide bonds. The first-order valence-corrected chi connectivity index (χ1v) is 11.9. The van der Waals surface area contributed by atoms with Crippen LogP contribution in [0.4, 0.5) is 0 Å². The molecule has 0 spiro atoms. The van der Waals surface area contributed by atoms with E-state index in [1.165, 1.54) is 11.3 Å². The first kappa shape index (κ1) is 25.1. The van der Waals surface area contributed by atoms with Crippen LogP contribution in [0.1, 0.15) is 27.3 Å². The van der Waals surface area contributed by atoms with Crippen LogP contribution >= 0.6 is 36.6 Å². The van der Waals surface area contributed by atoms with Crippen LogP contribution in [-0.2, 0) is 17.8 Å². The van der Waals surface area contributed by atoms with Crippen molar-refractivity contribution in [3.8, 4) is 11.3 Å². The van der Waals surface area contributed by atoms with Gasteiger partial charge in [0.15, 0.2) is 5.78 Å². The second kappa shape index (κ2) is 12.7. The van der Waals surface area contributed by atoms with Gasteiger partial charge >= 0.3 is 0 Å². The lowest BCUT2D eigenvalue weighted by Crippen LogP contribution is -2.42. The number of Topliss-reactive ketones (excluding diaryl/α,β-unsaturated/α-hetero) is 1. The van der Waals surface area contributed by atoms with Gasteiger partial charge in [-0.15, -0.1) is 11.3 Å². The molecule has 164 valence electrons. The molecule has 2 N–H and O–H groups in total. The van der Waals surface area contributed by atoms with Crippen molar-refractivity contribution in [1.82, 2.24) is 10.3 Å². The lowest BCUT2D eigenvalue weighted by Gasteiger charge is -2.17. The predicted octanol–water partition coefficient (Wildman–Crippen LogP) is 4.08. The SMILES string of the molecule is CSCC[C@H](NC(=O)c1cccc(CO)c1)C(=O)Cc1nc(-c2ccccc2)cs1.S. The minimum atomic E-state index is -0.577. The third-order valence-corrected chi connectivity index (χ3v) is 6.12. The van der Waals surface area contributed by atoms with Gasteiger partial charge in [-0.1, -0.05) is 42.5 Å². The molecule has 1 atom stereocenters. The molecule has 0 saturated carbocycles. The molecule has 31 heavy (non-hydrogen) atoms. The number of nitrogens with one attached hydrogen (secondary N) is 1. The Morgan fingerprint density at radius 3 is 2.65 bits per heavy atom. The molecule has 0 unspecified atom stereocenters. The number of benzene rings is 2. The van der Waals surface area contributed by atoms with Crippen molar-refractivity contribution < 1.29 is 14.7 Å². The molecule has 3 rings (SSSR count). The number of hydrogen-bond donors (Lipinski definition) is 2. The second-order valence-corrected chi connectivity index (χ2v) is 8.73. The number of nitrogens with zero attached hydrogens (tertiary/aromatic N) is 1. The molecular formula is C23H26N2O3S3. The summed E-state index contributed by atoms with van der Waals surface area (Å²) in [6.07, 6.45) is 2.72. The van der Waals surface area contributed by atoms with E-state index in [0.29, 0.717) is 17.5 Å². The number of carbonyl (C=O) groups is 2. The topological polar surface area (TPSA) is 79.3 Å². The van der Waals surface area contributed by atoms with Crippen molar-refractivity contribution in [2.24, 2.45) is 0 Å². The highest BCUT2D eigenvalue weighted by molar-refractivity contribution is 7.98. The van der Waals surface area contributed by atoms with E-state index >= 15 is 0 Å². The van der Waals surface area contributed by atoms with Gasteiger partial charge in [0, 0.05) is 16.5 Å². The largest absolute Gasteiger partial charge is 0.392 e. The molecule has 3 aromatic rings. The average molecular weight is 475 g/mol. The van der Waals surface area contributed by atoms with Gasteiger partial charge in [0.25, 0.3) is 5.91 Å². The number of aromatic nitrogens is 1. The Bertz CT molecular complexity index is 992. The van der Waals surface area contributed by atoms with Gasteiger partial charge in [0.05, 0.1) is 24.8 Å². The quantitative estimate of drug-likeness (QED) is 0.463. The second-order valence-electron chi connectivity index (χ2n) is 6.80. The predicted molar refractivity (Wildman–Crippen MR) is 133 cm³/mol. The molecule has 2 aromatic carbocycles. The van der Waals surface area contributed by atoms with Gasteiger partial charge in [-0.2, -0.15) is 25.3 Å². The molecule has 0 bridgehead atoms. The fraction of sp³-hybridized carbons (Fsp3) is 0.261. The molecule has 8 heteroatoms. The number of thiazole rings is 1. The number of ketones is 1. The standard InChI is InChI=1S/C23H24N2O3S2.H2S/c1-29-11-10-19(25-23(28)18-9-5-6-16(12-18)14-26)21(27)13-22-24-20(15-30-22)17-7-3-2-4-8-17;/h2-9,12,15,19,26H,10-11,13-14H2,1H3,(H,25,28);1H2/t19-;/m0./s1. The smallest absolute Gasteiger partial charge is 0.251 e. The number of carbonyl (C=O) groups excluding carboxylic acids is 2. The number of rotatable bonds is 10. The normalized spacial score (nSPS) is 11.4. The van der Waals surface area contributed by atoms with Gasteiger partial charge in [-0.25, -0.2) is 4.98 Å². The summed E-state index contributed by atoms with van der Waals surface area (Å²) < 4.78 is 0. The minimum absolute atomic E-state index is 0. The maximum absolute atomic E-state index is 13.0. The van der Waals surface area contributed by atoms with E-state index in [-0.39, 0.29) is 38.2 Å². The third kappa shape index (κ3) is 7.21. The fourth-order valence-electron chi connectivity index (χ4n) is 3.01. The van der Waals surface area contributed by atoms with Crippen molar-refractivity contribution in [1.29, 1.82) is 0 Å².